The van der Waals surface area contributed by atoms with Gasteiger partial charge in [-0.25, -0.2) is 10.1 Å². The zero-order valence-corrected chi connectivity index (χ0v) is 20.5. The van der Waals surface area contributed by atoms with E-state index in [0.29, 0.717) is 16.6 Å². The van der Waals surface area contributed by atoms with Crippen LogP contribution in [0.2, 0.25) is 5.02 Å². The van der Waals surface area contributed by atoms with Gasteiger partial charge in [-0.3, -0.25) is 10.2 Å². The van der Waals surface area contributed by atoms with E-state index in [1.165, 1.54) is 5.06 Å². The first-order valence-corrected chi connectivity index (χ1v) is 6.93. The Morgan fingerprint density at radius 2 is 1.87 bits per heavy atom. The number of benzene rings is 2. The van der Waals surface area contributed by atoms with Crippen LogP contribution in [0.1, 0.15) is 8.42 Å². The van der Waals surface area contributed by atoms with Gasteiger partial charge in [0.15, 0.2) is 0 Å². The summed E-state index contributed by atoms with van der Waals surface area (Å²) in [7, 11) is 1.66. The second-order valence-corrected chi connectivity index (χ2v) is 5.12. The van der Waals surface area contributed by atoms with Crippen LogP contribution in [0.15, 0.2) is 58.5 Å². The monoisotopic (exact) mass is 379 g/mol. The van der Waals surface area contributed by atoms with Gasteiger partial charge in [-0.05, 0) is 18.2 Å². The summed E-state index contributed by atoms with van der Waals surface area (Å²) in [4.78, 5) is 8.60. The predicted octanol–water partition coefficient (Wildman–Crippen LogP) is -3.92. The largest absolute Gasteiger partial charge is 1.00 e. The minimum absolute atomic E-state index is 0. The van der Waals surface area contributed by atoms with Gasteiger partial charge in [-0.2, -0.15) is 0 Å². The molecule has 0 spiro atoms. The number of aliphatic imine (C=N–C) groups is 1. The Kier molecular flexibility index (Phi) is 9.92. The normalized spacial score (nSPS) is 15.0. The molecule has 0 saturated heterocycles. The number of rotatable bonds is 1. The van der Waals surface area contributed by atoms with Crippen LogP contribution in [-0.4, -0.2) is 29.7 Å². The Labute approximate surface area is 228 Å². The summed E-state index contributed by atoms with van der Waals surface area (Å²) in [6.45, 7) is 0.229. The van der Waals surface area contributed by atoms with Crippen LogP contribution in [0.5, 0.6) is 0 Å². The molecule has 0 unspecified atom stereocenters. The number of hydrogen-bond donors (Lipinski definition) is 1. The standard InChI is InChI=1S/C16H14ClN3O.2K.2H/c1-18-15-10-20(21)16(11-5-3-2-4-6-11)13-9-12(17)7-8-14(13)19-15;;;;/h2-9,21H,10H2,1H3;;;;/q;2*+1;2*-1. The van der Waals surface area contributed by atoms with Gasteiger partial charge in [-0.1, -0.05) is 41.9 Å². The fourth-order valence-corrected chi connectivity index (χ4v) is 2.52. The quantitative estimate of drug-likeness (QED) is 0.515. The van der Waals surface area contributed by atoms with Gasteiger partial charge in [0.2, 0.25) is 0 Å². The number of amidine groups is 1. The number of halogens is 1. The molecular weight excluding hydrogens is 364 g/mol. The second kappa shape index (κ2) is 10.3. The van der Waals surface area contributed by atoms with Gasteiger partial charge in [0.25, 0.3) is 0 Å². The van der Waals surface area contributed by atoms with Crippen LogP contribution < -0.4 is 113 Å². The summed E-state index contributed by atoms with van der Waals surface area (Å²) in [5, 5.41) is 13.8. The summed E-state index contributed by atoms with van der Waals surface area (Å²) in [5.41, 5.74) is 1.58. The molecule has 0 bridgehead atoms. The van der Waals surface area contributed by atoms with Crippen molar-refractivity contribution in [2.45, 2.75) is 0 Å². The Balaban J connectivity index is 0. The molecular formula is C16H16ClK2N3O. The molecule has 1 N–H and O–H groups in total. The fraction of sp³-hybridized carbons (Fsp3) is 0.125. The maximum absolute atomic E-state index is 10.5. The zero-order chi connectivity index (χ0) is 14.8. The second-order valence-electron chi connectivity index (χ2n) is 4.69. The number of fused-ring (bicyclic) bond motifs is 1. The molecule has 0 radical (unpaired) electrons. The maximum atomic E-state index is 10.5. The Bertz CT molecular complexity index is 835. The molecule has 0 atom stereocenters. The molecule has 2 aromatic carbocycles. The third kappa shape index (κ3) is 5.29. The van der Waals surface area contributed by atoms with Crippen LogP contribution in [-0.2, 0) is 0 Å². The van der Waals surface area contributed by atoms with Crippen molar-refractivity contribution in [3.8, 4) is 0 Å². The summed E-state index contributed by atoms with van der Waals surface area (Å²) in [5.74, 6) is 0.562. The van der Waals surface area contributed by atoms with Gasteiger partial charge in [-0.15, -0.1) is 0 Å². The number of nitrogens with zero attached hydrogens (tertiary/aromatic N) is 3. The van der Waals surface area contributed by atoms with E-state index in [4.69, 9.17) is 11.6 Å². The summed E-state index contributed by atoms with van der Waals surface area (Å²) in [6.07, 6.45) is 0. The molecule has 7 heteroatoms. The van der Waals surface area contributed by atoms with Crippen molar-refractivity contribution in [2.75, 3.05) is 13.6 Å². The predicted molar refractivity (Wildman–Crippen MR) is 85.3 cm³/mol. The molecule has 0 fully saturated rings. The summed E-state index contributed by atoms with van der Waals surface area (Å²) >= 11 is 6.12. The minimum atomic E-state index is 0. The van der Waals surface area contributed by atoms with Gasteiger partial charge in [0, 0.05) is 22.9 Å². The molecule has 0 aromatic heterocycles. The van der Waals surface area contributed by atoms with Gasteiger partial charge in [0.05, 0.1) is 11.1 Å². The molecule has 23 heavy (non-hydrogen) atoms. The first kappa shape index (κ1) is 22.1. The maximum Gasteiger partial charge on any atom is 1.00 e. The van der Waals surface area contributed by atoms with Crippen molar-refractivity contribution >= 4 is 23.1 Å². The molecule has 0 aliphatic carbocycles. The average molecular weight is 380 g/mol. The smallest absolute Gasteiger partial charge is 1.00 e. The van der Waals surface area contributed by atoms with Gasteiger partial charge in [0.1, 0.15) is 12.4 Å². The van der Waals surface area contributed by atoms with Crippen molar-refractivity contribution < 1.29 is 111 Å². The van der Waals surface area contributed by atoms with E-state index in [9.17, 15) is 5.21 Å². The Morgan fingerprint density at radius 1 is 1.17 bits per heavy atom. The topological polar surface area (TPSA) is 48.2 Å². The van der Waals surface area contributed by atoms with E-state index < -0.39 is 0 Å². The molecule has 4 nitrogen and oxygen atoms in total. The van der Waals surface area contributed by atoms with Crippen molar-refractivity contribution in [1.29, 1.82) is 0 Å². The van der Waals surface area contributed by atoms with E-state index in [1.807, 2.05) is 42.5 Å². The third-order valence-corrected chi connectivity index (χ3v) is 3.55. The van der Waals surface area contributed by atoms with Crippen LogP contribution in [0.3, 0.4) is 0 Å². The van der Waals surface area contributed by atoms with Crippen LogP contribution >= 0.6 is 11.6 Å². The molecule has 1 aliphatic heterocycles. The van der Waals surface area contributed by atoms with E-state index in [1.54, 1.807) is 13.1 Å². The van der Waals surface area contributed by atoms with Crippen molar-refractivity contribution in [3.05, 3.63) is 69.7 Å². The molecule has 110 valence electrons. The van der Waals surface area contributed by atoms with Gasteiger partial charge >= 0.3 is 103 Å². The van der Waals surface area contributed by atoms with Crippen LogP contribution in [0, 0.1) is 0 Å². The number of hydroxylamine groups is 2. The molecule has 0 saturated carbocycles. The Hall–Kier alpha value is 1.10. The molecule has 1 aliphatic rings. The Morgan fingerprint density at radius 3 is 2.52 bits per heavy atom. The van der Waals surface area contributed by atoms with E-state index in [-0.39, 0.29) is 112 Å². The third-order valence-electron chi connectivity index (χ3n) is 3.32. The summed E-state index contributed by atoms with van der Waals surface area (Å²) in [6, 6.07) is 15.1. The minimum Gasteiger partial charge on any atom is -1.00 e. The van der Waals surface area contributed by atoms with Crippen molar-refractivity contribution in [3.63, 3.8) is 0 Å². The van der Waals surface area contributed by atoms with E-state index in [0.717, 1.165) is 16.1 Å². The van der Waals surface area contributed by atoms with Crippen LogP contribution in [0.25, 0.3) is 5.70 Å². The first-order valence-electron chi connectivity index (χ1n) is 6.55. The average Bonchev–Trinajstić information content (AvgIpc) is 2.63. The van der Waals surface area contributed by atoms with E-state index in [2.05, 4.69) is 9.98 Å². The molecule has 2 aromatic rings. The molecule has 0 amide bonds. The SMILES string of the molecule is CN=C1CN(O)C(c2ccccc2)=c2cc(Cl)ccc2=N1.[H-].[H-].[K+].[K+]. The fourth-order valence-electron chi connectivity index (χ4n) is 2.34. The molecule has 3 rings (SSSR count). The molecule has 1 heterocycles. The van der Waals surface area contributed by atoms with Gasteiger partial charge < -0.3 is 2.85 Å². The first-order chi connectivity index (χ1) is 10.2. The van der Waals surface area contributed by atoms with E-state index >= 15 is 0 Å². The van der Waals surface area contributed by atoms with Crippen molar-refractivity contribution in [2.24, 2.45) is 9.98 Å². The zero-order valence-electron chi connectivity index (χ0n) is 15.5. The van der Waals surface area contributed by atoms with Crippen LogP contribution in [0.4, 0.5) is 0 Å². The van der Waals surface area contributed by atoms with Crippen molar-refractivity contribution in [1.82, 2.24) is 5.06 Å². The summed E-state index contributed by atoms with van der Waals surface area (Å²) < 4.78 is 0. The number of hydrogen-bond acceptors (Lipinski definition) is 3.